The Kier molecular flexibility index (Phi) is 3.17. The zero-order chi connectivity index (χ0) is 11.4. The lowest BCUT2D eigenvalue weighted by Gasteiger charge is -1.97. The Balaban J connectivity index is 2.21. The Morgan fingerprint density at radius 3 is 2.62 bits per heavy atom. The van der Waals surface area contributed by atoms with Crippen molar-refractivity contribution in [2.24, 2.45) is 0 Å². The van der Waals surface area contributed by atoms with E-state index in [1.54, 1.807) is 31.4 Å². The third-order valence-electron chi connectivity index (χ3n) is 2.21. The minimum atomic E-state index is -0.108. The van der Waals surface area contributed by atoms with E-state index in [-0.39, 0.29) is 5.78 Å². The SMILES string of the molecule is COCc1ccc(C(=O)c2ccccc2)o1. The molecule has 2 aromatic rings. The molecular formula is C13H12O3. The van der Waals surface area contributed by atoms with Gasteiger partial charge in [0.2, 0.25) is 5.78 Å². The quantitative estimate of drug-likeness (QED) is 0.737. The molecule has 0 amide bonds. The van der Waals surface area contributed by atoms with Crippen molar-refractivity contribution in [1.82, 2.24) is 0 Å². The van der Waals surface area contributed by atoms with Crippen LogP contribution in [0.1, 0.15) is 21.9 Å². The molecule has 2 rings (SSSR count). The minimum Gasteiger partial charge on any atom is -0.455 e. The molecule has 0 aliphatic rings. The summed E-state index contributed by atoms with van der Waals surface area (Å²) in [6, 6.07) is 12.5. The fourth-order valence-corrected chi connectivity index (χ4v) is 1.45. The molecule has 0 aliphatic heterocycles. The van der Waals surface area contributed by atoms with Crippen LogP contribution in [0.2, 0.25) is 0 Å². The summed E-state index contributed by atoms with van der Waals surface area (Å²) in [6.45, 7) is 0.377. The number of hydrogen-bond acceptors (Lipinski definition) is 3. The van der Waals surface area contributed by atoms with Crippen molar-refractivity contribution >= 4 is 5.78 Å². The van der Waals surface area contributed by atoms with E-state index in [2.05, 4.69) is 0 Å². The zero-order valence-corrected chi connectivity index (χ0v) is 8.97. The van der Waals surface area contributed by atoms with Gasteiger partial charge in [-0.25, -0.2) is 0 Å². The lowest BCUT2D eigenvalue weighted by Crippen LogP contribution is -1.98. The largest absolute Gasteiger partial charge is 0.455 e. The fraction of sp³-hybridized carbons (Fsp3) is 0.154. The van der Waals surface area contributed by atoms with Crippen LogP contribution in [0, 0.1) is 0 Å². The van der Waals surface area contributed by atoms with Crippen molar-refractivity contribution in [3.05, 3.63) is 59.5 Å². The van der Waals surface area contributed by atoms with Crippen LogP contribution < -0.4 is 0 Å². The van der Waals surface area contributed by atoms with E-state index in [0.717, 1.165) is 0 Å². The fourth-order valence-electron chi connectivity index (χ4n) is 1.45. The molecule has 3 heteroatoms. The van der Waals surface area contributed by atoms with Crippen molar-refractivity contribution in [3.8, 4) is 0 Å². The average molecular weight is 216 g/mol. The molecule has 0 radical (unpaired) electrons. The second-order valence-electron chi connectivity index (χ2n) is 3.39. The van der Waals surface area contributed by atoms with Gasteiger partial charge >= 0.3 is 0 Å². The molecule has 0 unspecified atom stereocenters. The van der Waals surface area contributed by atoms with Crippen molar-refractivity contribution in [1.29, 1.82) is 0 Å². The maximum Gasteiger partial charge on any atom is 0.228 e. The van der Waals surface area contributed by atoms with E-state index in [0.29, 0.717) is 23.7 Å². The van der Waals surface area contributed by atoms with Crippen molar-refractivity contribution < 1.29 is 13.9 Å². The highest BCUT2D eigenvalue weighted by atomic mass is 16.5. The second-order valence-corrected chi connectivity index (χ2v) is 3.39. The van der Waals surface area contributed by atoms with Gasteiger partial charge in [-0.05, 0) is 12.1 Å². The summed E-state index contributed by atoms with van der Waals surface area (Å²) in [6.07, 6.45) is 0. The highest BCUT2D eigenvalue weighted by molar-refractivity contribution is 6.07. The lowest BCUT2D eigenvalue weighted by atomic mass is 10.1. The maximum absolute atomic E-state index is 11.9. The standard InChI is InChI=1S/C13H12O3/c1-15-9-11-7-8-12(16-11)13(14)10-5-3-2-4-6-10/h2-8H,9H2,1H3. The highest BCUT2D eigenvalue weighted by Gasteiger charge is 2.12. The number of carbonyl (C=O) groups is 1. The number of benzene rings is 1. The minimum absolute atomic E-state index is 0.108. The molecule has 0 fully saturated rings. The van der Waals surface area contributed by atoms with E-state index < -0.39 is 0 Å². The van der Waals surface area contributed by atoms with E-state index in [1.165, 1.54) is 0 Å². The molecule has 0 saturated heterocycles. The van der Waals surface area contributed by atoms with Crippen LogP contribution in [0.3, 0.4) is 0 Å². The molecule has 0 atom stereocenters. The van der Waals surface area contributed by atoms with E-state index in [1.807, 2.05) is 18.2 Å². The van der Waals surface area contributed by atoms with Gasteiger partial charge in [-0.2, -0.15) is 0 Å². The van der Waals surface area contributed by atoms with Gasteiger partial charge < -0.3 is 9.15 Å². The molecule has 1 aromatic carbocycles. The van der Waals surface area contributed by atoms with E-state index in [9.17, 15) is 4.79 Å². The van der Waals surface area contributed by atoms with Gasteiger partial charge in [0.15, 0.2) is 5.76 Å². The zero-order valence-electron chi connectivity index (χ0n) is 8.97. The number of carbonyl (C=O) groups excluding carboxylic acids is 1. The average Bonchev–Trinajstić information content (AvgIpc) is 2.78. The first-order valence-corrected chi connectivity index (χ1v) is 4.98. The summed E-state index contributed by atoms with van der Waals surface area (Å²) in [5, 5.41) is 0. The first-order chi connectivity index (χ1) is 7.81. The molecule has 0 saturated carbocycles. The van der Waals surface area contributed by atoms with Crippen LogP contribution in [0.15, 0.2) is 46.9 Å². The first-order valence-electron chi connectivity index (χ1n) is 4.98. The van der Waals surface area contributed by atoms with Gasteiger partial charge in [-0.1, -0.05) is 30.3 Å². The van der Waals surface area contributed by atoms with Crippen molar-refractivity contribution in [3.63, 3.8) is 0 Å². The molecule has 0 spiro atoms. The molecule has 1 heterocycles. The monoisotopic (exact) mass is 216 g/mol. The van der Waals surface area contributed by atoms with Crippen LogP contribution in [0.25, 0.3) is 0 Å². The third-order valence-corrected chi connectivity index (χ3v) is 2.21. The highest BCUT2D eigenvalue weighted by Crippen LogP contribution is 2.13. The summed E-state index contributed by atoms with van der Waals surface area (Å²) in [4.78, 5) is 11.9. The van der Waals surface area contributed by atoms with Crippen molar-refractivity contribution in [2.45, 2.75) is 6.61 Å². The summed E-state index contributed by atoms with van der Waals surface area (Å²) in [5.74, 6) is 0.892. The van der Waals surface area contributed by atoms with Gasteiger partial charge in [0.1, 0.15) is 12.4 Å². The number of furan rings is 1. The smallest absolute Gasteiger partial charge is 0.228 e. The van der Waals surface area contributed by atoms with Crippen LogP contribution in [0.5, 0.6) is 0 Å². The Morgan fingerprint density at radius 2 is 1.94 bits per heavy atom. The Hall–Kier alpha value is -1.87. The summed E-state index contributed by atoms with van der Waals surface area (Å²) in [5.41, 5.74) is 0.626. The first kappa shape index (κ1) is 10.6. The third kappa shape index (κ3) is 2.20. The number of ether oxygens (including phenoxy) is 1. The molecule has 3 nitrogen and oxygen atoms in total. The number of ketones is 1. The number of rotatable bonds is 4. The molecule has 1 aromatic heterocycles. The Labute approximate surface area is 93.7 Å². The van der Waals surface area contributed by atoms with Gasteiger partial charge in [0, 0.05) is 12.7 Å². The summed E-state index contributed by atoms with van der Waals surface area (Å²) < 4.78 is 10.3. The molecule has 0 N–H and O–H groups in total. The van der Waals surface area contributed by atoms with E-state index in [4.69, 9.17) is 9.15 Å². The topological polar surface area (TPSA) is 39.4 Å². The summed E-state index contributed by atoms with van der Waals surface area (Å²) in [7, 11) is 1.58. The molecule has 0 aliphatic carbocycles. The maximum atomic E-state index is 11.9. The van der Waals surface area contributed by atoms with Gasteiger partial charge in [-0.15, -0.1) is 0 Å². The molecule has 82 valence electrons. The second kappa shape index (κ2) is 4.77. The normalized spacial score (nSPS) is 10.3. The number of methoxy groups -OCH3 is 1. The Bertz CT molecular complexity index is 471. The van der Waals surface area contributed by atoms with Crippen LogP contribution in [-0.4, -0.2) is 12.9 Å². The van der Waals surface area contributed by atoms with E-state index >= 15 is 0 Å². The molecule has 0 bridgehead atoms. The van der Waals surface area contributed by atoms with Gasteiger partial charge in [0.05, 0.1) is 0 Å². The predicted molar refractivity (Wildman–Crippen MR) is 59.3 cm³/mol. The number of hydrogen-bond donors (Lipinski definition) is 0. The lowest BCUT2D eigenvalue weighted by molar-refractivity contribution is 0.1000. The molecular weight excluding hydrogens is 204 g/mol. The van der Waals surface area contributed by atoms with Crippen molar-refractivity contribution in [2.75, 3.05) is 7.11 Å². The molecule has 16 heavy (non-hydrogen) atoms. The van der Waals surface area contributed by atoms with Crippen LogP contribution >= 0.6 is 0 Å². The van der Waals surface area contributed by atoms with Gasteiger partial charge in [0.25, 0.3) is 0 Å². The van der Waals surface area contributed by atoms with Gasteiger partial charge in [-0.3, -0.25) is 4.79 Å². The summed E-state index contributed by atoms with van der Waals surface area (Å²) >= 11 is 0. The van der Waals surface area contributed by atoms with Crippen LogP contribution in [0.4, 0.5) is 0 Å². The van der Waals surface area contributed by atoms with Crippen LogP contribution in [-0.2, 0) is 11.3 Å². The Morgan fingerprint density at radius 1 is 1.19 bits per heavy atom. The predicted octanol–water partition coefficient (Wildman–Crippen LogP) is 2.66.